The van der Waals surface area contributed by atoms with Crippen molar-refractivity contribution in [3.8, 4) is 11.1 Å². The Morgan fingerprint density at radius 2 is 1.79 bits per heavy atom. The fourth-order valence-corrected chi connectivity index (χ4v) is 4.03. The monoisotopic (exact) mass is 402 g/mol. The summed E-state index contributed by atoms with van der Waals surface area (Å²) in [5.41, 5.74) is 0.894. The topological polar surface area (TPSA) is 9.23 Å². The van der Waals surface area contributed by atoms with Gasteiger partial charge in [0, 0.05) is 16.7 Å². The first-order valence-electron chi connectivity index (χ1n) is 10.6. The summed E-state index contributed by atoms with van der Waals surface area (Å²) in [5.74, 6) is -2.03. The van der Waals surface area contributed by atoms with Gasteiger partial charge in [0.1, 0.15) is 5.82 Å². The van der Waals surface area contributed by atoms with E-state index in [4.69, 9.17) is 4.74 Å². The molecule has 1 aliphatic heterocycles. The predicted octanol–water partition coefficient (Wildman–Crippen LogP) is 7.85. The third-order valence-electron chi connectivity index (χ3n) is 5.69. The normalized spacial score (nSPS) is 19.8. The van der Waals surface area contributed by atoms with E-state index in [1.165, 1.54) is 43.5 Å². The second-order valence-corrected chi connectivity index (χ2v) is 7.83. The second kappa shape index (κ2) is 10.1. The molecule has 0 amide bonds. The van der Waals surface area contributed by atoms with E-state index < -0.39 is 23.6 Å². The largest absolute Gasteiger partial charge is 0.373 e. The summed E-state index contributed by atoms with van der Waals surface area (Å²) in [6.07, 6.45) is 9.45. The molecule has 0 bridgehead atoms. The third-order valence-corrected chi connectivity index (χ3v) is 5.69. The molecule has 1 heterocycles. The van der Waals surface area contributed by atoms with Crippen molar-refractivity contribution in [2.24, 2.45) is 5.92 Å². The highest BCUT2D eigenvalue weighted by Gasteiger charge is 2.27. The molecule has 0 aromatic heterocycles. The standard InChI is InChI=1S/C25H29F3O/c1-3-5-6-8-18-10-14-23(29-16-18)21-13-12-20(24(27)25(21)28)19-11-9-17(7-4-2)15-22(19)26/h4,7,9,11-13,15,18,23H,3,5-6,8,10,14,16H2,1-2H3/b7-4+. The van der Waals surface area contributed by atoms with E-state index in [1.807, 2.05) is 6.92 Å². The molecule has 0 N–H and O–H groups in total. The Bertz CT molecular complexity index is 851. The van der Waals surface area contributed by atoms with E-state index in [-0.39, 0.29) is 16.7 Å². The molecule has 1 nitrogen and oxygen atoms in total. The summed E-state index contributed by atoms with van der Waals surface area (Å²) in [4.78, 5) is 0. The molecule has 1 saturated heterocycles. The molecular formula is C25H29F3O. The molecule has 1 fully saturated rings. The van der Waals surface area contributed by atoms with Crippen LogP contribution in [0.25, 0.3) is 17.2 Å². The summed E-state index contributed by atoms with van der Waals surface area (Å²) in [6, 6.07) is 7.49. The van der Waals surface area contributed by atoms with Gasteiger partial charge in [0.2, 0.25) is 0 Å². The van der Waals surface area contributed by atoms with Crippen LogP contribution >= 0.6 is 0 Å². The van der Waals surface area contributed by atoms with Crippen LogP contribution in [0.2, 0.25) is 0 Å². The molecule has 0 radical (unpaired) electrons. The minimum absolute atomic E-state index is 0.0572. The maximum absolute atomic E-state index is 14.8. The van der Waals surface area contributed by atoms with Crippen molar-refractivity contribution >= 4 is 6.08 Å². The zero-order valence-corrected chi connectivity index (χ0v) is 17.2. The fourth-order valence-electron chi connectivity index (χ4n) is 4.03. The Morgan fingerprint density at radius 3 is 2.45 bits per heavy atom. The predicted molar refractivity (Wildman–Crippen MR) is 112 cm³/mol. The van der Waals surface area contributed by atoms with Crippen LogP contribution in [0.4, 0.5) is 13.2 Å². The van der Waals surface area contributed by atoms with Gasteiger partial charge in [-0.1, -0.05) is 62.6 Å². The number of hydrogen-bond donors (Lipinski definition) is 0. The molecule has 3 rings (SSSR count). The highest BCUT2D eigenvalue weighted by atomic mass is 19.2. The van der Waals surface area contributed by atoms with E-state index in [1.54, 1.807) is 18.2 Å². The van der Waals surface area contributed by atoms with Gasteiger partial charge in [0.05, 0.1) is 12.7 Å². The molecule has 2 aromatic carbocycles. The second-order valence-electron chi connectivity index (χ2n) is 7.83. The van der Waals surface area contributed by atoms with Crippen molar-refractivity contribution in [3.05, 3.63) is 65.0 Å². The molecule has 2 aromatic rings. The van der Waals surface area contributed by atoms with Gasteiger partial charge in [-0.2, -0.15) is 0 Å². The van der Waals surface area contributed by atoms with Crippen molar-refractivity contribution in [1.29, 1.82) is 0 Å². The van der Waals surface area contributed by atoms with Crippen molar-refractivity contribution in [2.45, 2.75) is 58.5 Å². The average Bonchev–Trinajstić information content (AvgIpc) is 2.72. The van der Waals surface area contributed by atoms with Crippen LogP contribution in [0, 0.1) is 23.4 Å². The maximum Gasteiger partial charge on any atom is 0.167 e. The van der Waals surface area contributed by atoms with Gasteiger partial charge in [0.15, 0.2) is 11.6 Å². The smallest absolute Gasteiger partial charge is 0.167 e. The van der Waals surface area contributed by atoms with Crippen molar-refractivity contribution in [3.63, 3.8) is 0 Å². The summed E-state index contributed by atoms with van der Waals surface area (Å²) in [7, 11) is 0. The van der Waals surface area contributed by atoms with E-state index in [0.29, 0.717) is 24.5 Å². The highest BCUT2D eigenvalue weighted by molar-refractivity contribution is 5.67. The molecule has 1 aliphatic rings. The lowest BCUT2D eigenvalue weighted by atomic mass is 9.90. The van der Waals surface area contributed by atoms with Crippen LogP contribution in [0.5, 0.6) is 0 Å². The molecular weight excluding hydrogens is 373 g/mol. The average molecular weight is 403 g/mol. The van der Waals surface area contributed by atoms with Crippen molar-refractivity contribution in [2.75, 3.05) is 6.61 Å². The van der Waals surface area contributed by atoms with Gasteiger partial charge >= 0.3 is 0 Å². The van der Waals surface area contributed by atoms with E-state index in [0.717, 1.165) is 12.8 Å². The summed E-state index contributed by atoms with van der Waals surface area (Å²) in [6.45, 7) is 4.59. The Balaban J connectivity index is 1.75. The van der Waals surface area contributed by atoms with Crippen molar-refractivity contribution in [1.82, 2.24) is 0 Å². The van der Waals surface area contributed by atoms with Crippen LogP contribution < -0.4 is 0 Å². The van der Waals surface area contributed by atoms with Crippen molar-refractivity contribution < 1.29 is 17.9 Å². The molecule has 4 heteroatoms. The quantitative estimate of drug-likeness (QED) is 0.428. The van der Waals surface area contributed by atoms with Gasteiger partial charge in [-0.15, -0.1) is 0 Å². The molecule has 0 saturated carbocycles. The molecule has 2 atom stereocenters. The number of ether oxygens (including phenoxy) is 1. The minimum Gasteiger partial charge on any atom is -0.373 e. The van der Waals surface area contributed by atoms with Gasteiger partial charge in [-0.25, -0.2) is 13.2 Å². The SMILES string of the molecule is C/C=C/c1ccc(-c2ccc(C3CCC(CCCCC)CO3)c(F)c2F)c(F)c1. The molecule has 2 unspecified atom stereocenters. The Morgan fingerprint density at radius 1 is 1.00 bits per heavy atom. The maximum atomic E-state index is 14.8. The third kappa shape index (κ3) is 5.11. The zero-order valence-electron chi connectivity index (χ0n) is 17.2. The number of benzene rings is 2. The van der Waals surface area contributed by atoms with Gasteiger partial charge in [-0.05, 0) is 43.7 Å². The minimum atomic E-state index is -1.02. The number of allylic oxidation sites excluding steroid dienone is 1. The molecule has 156 valence electrons. The Hall–Kier alpha value is -2.07. The number of halogens is 3. The Labute approximate surface area is 171 Å². The summed E-state index contributed by atoms with van der Waals surface area (Å²) >= 11 is 0. The van der Waals surface area contributed by atoms with Crippen LogP contribution in [-0.4, -0.2) is 6.61 Å². The first-order chi connectivity index (χ1) is 14.0. The molecule has 0 aliphatic carbocycles. The van der Waals surface area contributed by atoms with Gasteiger partial charge in [0.25, 0.3) is 0 Å². The van der Waals surface area contributed by atoms with E-state index in [2.05, 4.69) is 6.92 Å². The Kier molecular flexibility index (Phi) is 7.54. The first-order valence-corrected chi connectivity index (χ1v) is 10.6. The lowest BCUT2D eigenvalue weighted by Crippen LogP contribution is -2.21. The number of unbranched alkanes of at least 4 members (excludes halogenated alkanes) is 2. The van der Waals surface area contributed by atoms with Gasteiger partial charge < -0.3 is 4.74 Å². The number of rotatable bonds is 7. The summed E-state index contributed by atoms with van der Waals surface area (Å²) in [5, 5.41) is 0. The molecule has 0 spiro atoms. The zero-order chi connectivity index (χ0) is 20.8. The van der Waals surface area contributed by atoms with Crippen LogP contribution in [0.15, 0.2) is 36.4 Å². The van der Waals surface area contributed by atoms with Crippen LogP contribution in [0.1, 0.15) is 69.6 Å². The lowest BCUT2D eigenvalue weighted by Gasteiger charge is -2.29. The van der Waals surface area contributed by atoms with Gasteiger partial charge in [-0.3, -0.25) is 0 Å². The lowest BCUT2D eigenvalue weighted by molar-refractivity contribution is -0.0218. The van der Waals surface area contributed by atoms with Crippen LogP contribution in [-0.2, 0) is 4.74 Å². The summed E-state index contributed by atoms with van der Waals surface area (Å²) < 4.78 is 49.9. The fraction of sp³-hybridized carbons (Fsp3) is 0.440. The highest BCUT2D eigenvalue weighted by Crippen LogP contribution is 2.37. The first kappa shape index (κ1) is 21.6. The van der Waals surface area contributed by atoms with Crippen LogP contribution in [0.3, 0.4) is 0 Å². The molecule has 29 heavy (non-hydrogen) atoms. The van der Waals surface area contributed by atoms with E-state index >= 15 is 0 Å². The number of hydrogen-bond acceptors (Lipinski definition) is 1. The van der Waals surface area contributed by atoms with E-state index in [9.17, 15) is 13.2 Å².